The van der Waals surface area contributed by atoms with Crippen LogP contribution in [0.1, 0.15) is 16.7 Å². The zero-order valence-electron chi connectivity index (χ0n) is 13.8. The van der Waals surface area contributed by atoms with Crippen molar-refractivity contribution in [3.05, 3.63) is 59.5 Å². The van der Waals surface area contributed by atoms with E-state index in [0.29, 0.717) is 5.56 Å². The molecule has 2 N–H and O–H groups in total. The fourth-order valence-corrected chi connectivity index (χ4v) is 2.09. The first-order valence-corrected chi connectivity index (χ1v) is 7.18. The number of carbonyl (C=O) groups excluding carboxylic acids is 2. The molecule has 1 heterocycles. The maximum absolute atomic E-state index is 12.6. The van der Waals surface area contributed by atoms with E-state index in [-0.39, 0.29) is 69.9 Å². The number of aliphatic carboxylic acids is 1. The molecule has 0 aliphatic carbocycles. The third-order valence-corrected chi connectivity index (χ3v) is 3.32. The Balaban J connectivity index is 0.00000338. The second-order valence-corrected chi connectivity index (χ2v) is 5.23. The predicted octanol–water partition coefficient (Wildman–Crippen LogP) is -1.54. The zero-order valence-corrected chi connectivity index (χ0v) is 16.9. The molecule has 1 unspecified atom stereocenters. The minimum absolute atomic E-state index is 0. The Morgan fingerprint density at radius 2 is 1.92 bits per heavy atom. The van der Waals surface area contributed by atoms with E-state index in [9.17, 15) is 27.9 Å². The number of rotatable bonds is 6. The Morgan fingerprint density at radius 3 is 2.50 bits per heavy atom. The molecule has 26 heavy (non-hydrogen) atoms. The van der Waals surface area contributed by atoms with Gasteiger partial charge < -0.3 is 25.0 Å². The van der Waals surface area contributed by atoms with Crippen LogP contribution in [0.15, 0.2) is 47.3 Å². The van der Waals surface area contributed by atoms with Crippen molar-refractivity contribution in [3.63, 3.8) is 0 Å². The van der Waals surface area contributed by atoms with Crippen molar-refractivity contribution >= 4 is 12.0 Å². The number of carboxylic acid groups (broad SMARTS) is 1. The Morgan fingerprint density at radius 1 is 1.19 bits per heavy atom. The van der Waals surface area contributed by atoms with Crippen LogP contribution in [0.5, 0.6) is 0 Å². The van der Waals surface area contributed by atoms with Crippen LogP contribution in [0.25, 0.3) is 0 Å². The summed E-state index contributed by atoms with van der Waals surface area (Å²) in [6.07, 6.45) is -1.84. The van der Waals surface area contributed by atoms with Gasteiger partial charge in [-0.3, -0.25) is 0 Å². The van der Waals surface area contributed by atoms with Gasteiger partial charge in [0.05, 0.1) is 30.1 Å². The normalized spacial score (nSPS) is 12.0. The van der Waals surface area contributed by atoms with Crippen LogP contribution in [0, 0.1) is 0 Å². The third kappa shape index (κ3) is 7.12. The van der Waals surface area contributed by atoms with Crippen LogP contribution in [0.4, 0.5) is 18.0 Å². The van der Waals surface area contributed by atoms with Gasteiger partial charge in [-0.05, 0) is 29.3 Å². The topological polar surface area (TPSA) is 94.4 Å². The second-order valence-electron chi connectivity index (χ2n) is 5.23. The minimum Gasteiger partial charge on any atom is -0.548 e. The number of halogens is 3. The van der Waals surface area contributed by atoms with Crippen molar-refractivity contribution in [1.29, 1.82) is 0 Å². The third-order valence-electron chi connectivity index (χ3n) is 3.32. The SMILES string of the molecule is O=C(NCc1cccc(C(F)(F)F)c1)NC(Cc1ccoc1)C(=O)[O-].[K+]. The molecule has 0 spiro atoms. The number of carbonyl (C=O) groups is 2. The maximum Gasteiger partial charge on any atom is 1.00 e. The van der Waals surface area contributed by atoms with Gasteiger partial charge in [-0.2, -0.15) is 13.2 Å². The number of urea groups is 1. The molecule has 0 aliphatic heterocycles. The average molecular weight is 394 g/mol. The molecule has 0 saturated heterocycles. The fraction of sp³-hybridized carbons (Fsp3) is 0.250. The number of alkyl halides is 3. The largest absolute Gasteiger partial charge is 1.00 e. The molecule has 0 bridgehead atoms. The predicted molar refractivity (Wildman–Crippen MR) is 78.0 cm³/mol. The van der Waals surface area contributed by atoms with Crippen LogP contribution >= 0.6 is 0 Å². The van der Waals surface area contributed by atoms with E-state index in [1.807, 2.05) is 0 Å². The number of carboxylic acids is 1. The van der Waals surface area contributed by atoms with E-state index >= 15 is 0 Å². The summed E-state index contributed by atoms with van der Waals surface area (Å²) in [6, 6.07) is 3.85. The molecule has 2 amide bonds. The summed E-state index contributed by atoms with van der Waals surface area (Å²) < 4.78 is 42.7. The molecule has 0 fully saturated rings. The van der Waals surface area contributed by atoms with E-state index in [1.165, 1.54) is 30.7 Å². The summed E-state index contributed by atoms with van der Waals surface area (Å²) in [5, 5.41) is 15.6. The Bertz CT molecular complexity index is 735. The maximum atomic E-state index is 12.6. The van der Waals surface area contributed by atoms with Crippen molar-refractivity contribution in [2.24, 2.45) is 0 Å². The monoisotopic (exact) mass is 394 g/mol. The summed E-state index contributed by atoms with van der Waals surface area (Å²) in [5.41, 5.74) is -0.0584. The molecular formula is C16H14F3KN2O4. The summed E-state index contributed by atoms with van der Waals surface area (Å²) in [5.74, 6) is -1.49. The van der Waals surface area contributed by atoms with Gasteiger partial charge >= 0.3 is 63.6 Å². The minimum atomic E-state index is -4.48. The van der Waals surface area contributed by atoms with Crippen molar-refractivity contribution < 1.29 is 83.7 Å². The van der Waals surface area contributed by atoms with Crippen molar-refractivity contribution in [2.75, 3.05) is 0 Å². The van der Waals surface area contributed by atoms with E-state index in [2.05, 4.69) is 10.6 Å². The number of nitrogens with one attached hydrogen (secondary N) is 2. The van der Waals surface area contributed by atoms with Gasteiger partial charge in [0.25, 0.3) is 0 Å². The molecule has 134 valence electrons. The quantitative estimate of drug-likeness (QED) is 0.581. The van der Waals surface area contributed by atoms with Gasteiger partial charge in [-0.15, -0.1) is 0 Å². The zero-order chi connectivity index (χ0) is 18.4. The number of amides is 2. The number of furan rings is 1. The molecule has 1 atom stereocenters. The van der Waals surface area contributed by atoms with Crippen LogP contribution in [0.3, 0.4) is 0 Å². The van der Waals surface area contributed by atoms with Gasteiger partial charge in [0.2, 0.25) is 0 Å². The van der Waals surface area contributed by atoms with E-state index < -0.39 is 29.8 Å². The first-order chi connectivity index (χ1) is 11.8. The molecule has 0 radical (unpaired) electrons. The number of hydrogen-bond donors (Lipinski definition) is 2. The molecule has 2 rings (SSSR count). The van der Waals surface area contributed by atoms with Gasteiger partial charge in [0.1, 0.15) is 0 Å². The fourth-order valence-electron chi connectivity index (χ4n) is 2.09. The summed E-state index contributed by atoms with van der Waals surface area (Å²) in [6.45, 7) is -0.193. The van der Waals surface area contributed by atoms with Gasteiger partial charge in [0.15, 0.2) is 0 Å². The average Bonchev–Trinajstić information content (AvgIpc) is 3.05. The van der Waals surface area contributed by atoms with Crippen LogP contribution in [0.2, 0.25) is 0 Å². The van der Waals surface area contributed by atoms with Crippen molar-refractivity contribution in [1.82, 2.24) is 10.6 Å². The van der Waals surface area contributed by atoms with Crippen LogP contribution in [-0.4, -0.2) is 18.0 Å². The Labute approximate surface area is 189 Å². The second kappa shape index (κ2) is 10.1. The molecule has 0 saturated carbocycles. The number of hydrogen-bond acceptors (Lipinski definition) is 4. The van der Waals surface area contributed by atoms with Gasteiger partial charge in [-0.1, -0.05) is 12.1 Å². The van der Waals surface area contributed by atoms with E-state index in [1.54, 1.807) is 0 Å². The van der Waals surface area contributed by atoms with Crippen LogP contribution < -0.4 is 67.1 Å². The first-order valence-electron chi connectivity index (χ1n) is 7.18. The molecule has 6 nitrogen and oxygen atoms in total. The Hall–Kier alpha value is -1.33. The van der Waals surface area contributed by atoms with E-state index in [4.69, 9.17) is 4.42 Å². The molecule has 1 aromatic heterocycles. The molecule has 1 aromatic carbocycles. The van der Waals surface area contributed by atoms with Gasteiger partial charge in [0, 0.05) is 13.0 Å². The molecule has 10 heteroatoms. The van der Waals surface area contributed by atoms with E-state index in [0.717, 1.165) is 12.1 Å². The Kier molecular flexibility index (Phi) is 8.84. The van der Waals surface area contributed by atoms with Crippen molar-refractivity contribution in [2.45, 2.75) is 25.2 Å². The molecule has 0 aliphatic rings. The van der Waals surface area contributed by atoms with Gasteiger partial charge in [-0.25, -0.2) is 4.79 Å². The smallest absolute Gasteiger partial charge is 0.548 e. The van der Waals surface area contributed by atoms with Crippen LogP contribution in [-0.2, 0) is 23.9 Å². The summed E-state index contributed by atoms with van der Waals surface area (Å²) in [4.78, 5) is 22.9. The summed E-state index contributed by atoms with van der Waals surface area (Å²) >= 11 is 0. The first kappa shape index (κ1) is 22.7. The summed E-state index contributed by atoms with van der Waals surface area (Å²) in [7, 11) is 0. The molecular weight excluding hydrogens is 380 g/mol. The molecule has 2 aromatic rings. The van der Waals surface area contributed by atoms with Crippen molar-refractivity contribution in [3.8, 4) is 0 Å². The number of benzene rings is 1. The standard InChI is InChI=1S/C16H15F3N2O4.K/c17-16(18,19)12-3-1-2-10(6-12)8-20-15(24)21-13(14(22)23)7-11-4-5-25-9-11;/h1-6,9,13H,7-8H2,(H,22,23)(H2,20,21,24);/q;+1/p-1.